The fourth-order valence-electron chi connectivity index (χ4n) is 3.03. The number of aromatic nitrogens is 1. The van der Waals surface area contributed by atoms with Crippen molar-refractivity contribution >= 4 is 61.1 Å². The van der Waals surface area contributed by atoms with Crippen molar-refractivity contribution in [2.75, 3.05) is 12.4 Å². The first-order valence-corrected chi connectivity index (χ1v) is 10.9. The molecule has 1 saturated heterocycles. The van der Waals surface area contributed by atoms with E-state index in [9.17, 15) is 9.59 Å². The highest BCUT2D eigenvalue weighted by Crippen LogP contribution is 2.33. The van der Waals surface area contributed by atoms with Gasteiger partial charge >= 0.3 is 0 Å². The number of nitrogens with zero attached hydrogens (tertiary/aromatic N) is 3. The molecular formula is C21H20N4O2S2. The van der Waals surface area contributed by atoms with E-state index in [1.165, 1.54) is 28.0 Å². The number of hydrogen-bond donors (Lipinski definition) is 1. The summed E-state index contributed by atoms with van der Waals surface area (Å²) >= 11 is 2.79. The Morgan fingerprint density at radius 2 is 2.03 bits per heavy atom. The Labute approximate surface area is 177 Å². The molecule has 2 aromatic carbocycles. The maximum Gasteiger partial charge on any atom is 0.242 e. The van der Waals surface area contributed by atoms with E-state index in [0.717, 1.165) is 27.0 Å². The number of anilines is 1. The Morgan fingerprint density at radius 3 is 2.83 bits per heavy atom. The van der Waals surface area contributed by atoms with Crippen LogP contribution in [0.3, 0.4) is 0 Å². The van der Waals surface area contributed by atoms with E-state index in [0.29, 0.717) is 10.3 Å². The first kappa shape index (κ1) is 19.6. The Bertz CT molecular complexity index is 1110. The number of amides is 2. The van der Waals surface area contributed by atoms with Crippen molar-refractivity contribution in [2.45, 2.75) is 25.5 Å². The van der Waals surface area contributed by atoms with Crippen LogP contribution in [0.1, 0.15) is 17.5 Å². The van der Waals surface area contributed by atoms with Crippen molar-refractivity contribution < 1.29 is 9.59 Å². The fourth-order valence-corrected chi connectivity index (χ4v) is 5.06. The summed E-state index contributed by atoms with van der Waals surface area (Å²) in [6.07, 6.45) is 0.0973. The molecule has 29 heavy (non-hydrogen) atoms. The van der Waals surface area contributed by atoms with Crippen LogP contribution in [0.4, 0.5) is 10.8 Å². The first-order valence-electron chi connectivity index (χ1n) is 9.16. The third-order valence-electron chi connectivity index (χ3n) is 4.65. The van der Waals surface area contributed by atoms with E-state index < -0.39 is 5.25 Å². The van der Waals surface area contributed by atoms with E-state index in [1.54, 1.807) is 7.05 Å². The molecule has 6 nitrogen and oxygen atoms in total. The molecule has 0 unspecified atom stereocenters. The normalized spacial score (nSPS) is 18.0. The molecule has 0 aliphatic carbocycles. The Morgan fingerprint density at radius 1 is 1.24 bits per heavy atom. The molecule has 0 saturated carbocycles. The van der Waals surface area contributed by atoms with Gasteiger partial charge in [-0.3, -0.25) is 14.5 Å². The molecule has 1 atom stereocenters. The van der Waals surface area contributed by atoms with Gasteiger partial charge in [0.2, 0.25) is 16.9 Å². The summed E-state index contributed by atoms with van der Waals surface area (Å²) in [4.78, 5) is 35.7. The lowest BCUT2D eigenvalue weighted by Crippen LogP contribution is -2.30. The molecule has 2 amide bonds. The smallest absolute Gasteiger partial charge is 0.242 e. The number of hydrogen-bond acceptors (Lipinski definition) is 6. The molecular weight excluding hydrogens is 404 g/mol. The number of amidine groups is 1. The predicted octanol–water partition coefficient (Wildman–Crippen LogP) is 4.50. The van der Waals surface area contributed by atoms with Gasteiger partial charge in [0.05, 0.1) is 10.2 Å². The molecule has 1 fully saturated rings. The van der Waals surface area contributed by atoms with E-state index in [2.05, 4.69) is 15.3 Å². The number of thiazole rings is 1. The average molecular weight is 425 g/mol. The number of para-hydroxylation sites is 1. The molecule has 1 aliphatic heterocycles. The van der Waals surface area contributed by atoms with E-state index in [4.69, 9.17) is 0 Å². The number of carbonyl (C=O) groups excluding carboxylic acids is 2. The number of rotatable bonds is 4. The Kier molecular flexibility index (Phi) is 5.38. The lowest BCUT2D eigenvalue weighted by molar-refractivity contribution is -0.127. The highest BCUT2D eigenvalue weighted by molar-refractivity contribution is 8.15. The molecule has 1 aromatic heterocycles. The van der Waals surface area contributed by atoms with Crippen LogP contribution in [0, 0.1) is 13.8 Å². The number of carbonyl (C=O) groups is 2. The number of thioether (sulfide) groups is 1. The van der Waals surface area contributed by atoms with Crippen molar-refractivity contribution in [3.63, 3.8) is 0 Å². The molecule has 2 heterocycles. The zero-order valence-electron chi connectivity index (χ0n) is 16.3. The van der Waals surface area contributed by atoms with Gasteiger partial charge in [-0.25, -0.2) is 4.98 Å². The van der Waals surface area contributed by atoms with E-state index >= 15 is 0 Å². The lowest BCUT2D eigenvalue weighted by Gasteiger charge is -2.11. The molecule has 4 rings (SSSR count). The van der Waals surface area contributed by atoms with Gasteiger partial charge in [-0.15, -0.1) is 0 Å². The molecule has 3 aromatic rings. The summed E-state index contributed by atoms with van der Waals surface area (Å²) in [6, 6.07) is 13.7. The zero-order valence-corrected chi connectivity index (χ0v) is 17.9. The fraction of sp³-hybridized carbons (Fsp3) is 0.238. The molecule has 1 N–H and O–H groups in total. The predicted molar refractivity (Wildman–Crippen MR) is 120 cm³/mol. The van der Waals surface area contributed by atoms with E-state index in [-0.39, 0.29) is 18.2 Å². The Hall–Kier alpha value is -2.71. The van der Waals surface area contributed by atoms with Crippen LogP contribution in [0.5, 0.6) is 0 Å². The molecule has 1 aliphatic rings. The maximum atomic E-state index is 12.6. The third kappa shape index (κ3) is 4.18. The van der Waals surface area contributed by atoms with Crippen LogP contribution in [0.2, 0.25) is 0 Å². The number of aliphatic imine (C=N–C) groups is 1. The van der Waals surface area contributed by atoms with Crippen molar-refractivity contribution in [3.05, 3.63) is 53.6 Å². The van der Waals surface area contributed by atoms with Gasteiger partial charge in [0.25, 0.3) is 0 Å². The van der Waals surface area contributed by atoms with Crippen LogP contribution in [-0.4, -0.2) is 39.2 Å². The SMILES string of the molecule is Cc1ccc(C)c(NC(=O)C[C@H]2SC(=Nc3nc4ccccc4s3)N(C)C2=O)c1. The summed E-state index contributed by atoms with van der Waals surface area (Å²) in [5.74, 6) is -0.301. The van der Waals surface area contributed by atoms with Gasteiger partial charge < -0.3 is 5.32 Å². The topological polar surface area (TPSA) is 74.7 Å². The summed E-state index contributed by atoms with van der Waals surface area (Å²) < 4.78 is 1.05. The Balaban J connectivity index is 1.47. The summed E-state index contributed by atoms with van der Waals surface area (Å²) in [7, 11) is 1.68. The number of benzene rings is 2. The van der Waals surface area contributed by atoms with E-state index in [1.807, 2.05) is 56.3 Å². The van der Waals surface area contributed by atoms with Gasteiger partial charge in [0, 0.05) is 19.2 Å². The highest BCUT2D eigenvalue weighted by atomic mass is 32.2. The third-order valence-corrected chi connectivity index (χ3v) is 6.81. The molecule has 0 bridgehead atoms. The molecule has 0 spiro atoms. The average Bonchev–Trinajstić information content (AvgIpc) is 3.21. The van der Waals surface area contributed by atoms with Gasteiger partial charge in [-0.2, -0.15) is 4.99 Å². The number of aryl methyl sites for hydroxylation is 2. The summed E-state index contributed by atoms with van der Waals surface area (Å²) in [5, 5.41) is 3.61. The lowest BCUT2D eigenvalue weighted by atomic mass is 10.1. The quantitative estimate of drug-likeness (QED) is 0.669. The maximum absolute atomic E-state index is 12.6. The second-order valence-electron chi connectivity index (χ2n) is 6.93. The van der Waals surface area contributed by atoms with Crippen LogP contribution < -0.4 is 5.32 Å². The van der Waals surface area contributed by atoms with Crippen molar-refractivity contribution in [3.8, 4) is 0 Å². The van der Waals surface area contributed by atoms with Gasteiger partial charge in [0.1, 0.15) is 5.25 Å². The minimum Gasteiger partial charge on any atom is -0.326 e. The zero-order chi connectivity index (χ0) is 20.5. The molecule has 8 heteroatoms. The standard InChI is InChI=1S/C21H20N4O2S2/c1-12-8-9-13(2)15(10-12)22-18(26)11-17-19(27)25(3)21(29-17)24-20-23-14-6-4-5-7-16(14)28-20/h4-10,17H,11H2,1-3H3,(H,22,26)/t17-/m1/s1. The van der Waals surface area contributed by atoms with Crippen molar-refractivity contribution in [1.29, 1.82) is 0 Å². The second-order valence-corrected chi connectivity index (χ2v) is 9.11. The minimum atomic E-state index is -0.488. The molecule has 148 valence electrons. The minimum absolute atomic E-state index is 0.0973. The van der Waals surface area contributed by atoms with Crippen molar-refractivity contribution in [2.24, 2.45) is 4.99 Å². The number of fused-ring (bicyclic) bond motifs is 1. The van der Waals surface area contributed by atoms with Crippen molar-refractivity contribution in [1.82, 2.24) is 9.88 Å². The molecule has 0 radical (unpaired) electrons. The first-order chi connectivity index (χ1) is 13.9. The monoisotopic (exact) mass is 424 g/mol. The second kappa shape index (κ2) is 7.96. The number of nitrogens with one attached hydrogen (secondary N) is 1. The van der Waals surface area contributed by atoms with Crippen LogP contribution in [0.25, 0.3) is 10.2 Å². The summed E-state index contributed by atoms with van der Waals surface area (Å²) in [6.45, 7) is 3.92. The van der Waals surface area contributed by atoms with Gasteiger partial charge in [-0.05, 0) is 43.2 Å². The largest absolute Gasteiger partial charge is 0.326 e. The highest BCUT2D eigenvalue weighted by Gasteiger charge is 2.37. The van der Waals surface area contributed by atoms with Gasteiger partial charge in [0.15, 0.2) is 5.17 Å². The van der Waals surface area contributed by atoms with Crippen LogP contribution in [-0.2, 0) is 9.59 Å². The van der Waals surface area contributed by atoms with Crippen LogP contribution in [0.15, 0.2) is 47.5 Å². The van der Waals surface area contributed by atoms with Gasteiger partial charge in [-0.1, -0.05) is 47.4 Å². The van der Waals surface area contributed by atoms with Crippen LogP contribution >= 0.6 is 23.1 Å². The summed E-state index contributed by atoms with van der Waals surface area (Å²) in [5.41, 5.74) is 3.73.